The van der Waals surface area contributed by atoms with Gasteiger partial charge in [0.1, 0.15) is 5.92 Å². The lowest BCUT2D eigenvalue weighted by Crippen LogP contribution is -2.37. The SMILES string of the molecule is CC(C)CC(C(=O)NO)C(=O)Nc1ccc(Cn2cc(CNS(=O)(=O)c3ccc(C(=O)O)cc3)nn2)cc1. The van der Waals surface area contributed by atoms with E-state index < -0.39 is 33.7 Å². The smallest absolute Gasteiger partial charge is 0.335 e. The fourth-order valence-corrected chi connectivity index (χ4v) is 4.52. The number of hydroxylamine groups is 1. The number of sulfonamides is 1. The number of anilines is 1. The van der Waals surface area contributed by atoms with Crippen molar-refractivity contribution in [2.24, 2.45) is 11.8 Å². The van der Waals surface area contributed by atoms with E-state index in [1.807, 2.05) is 13.8 Å². The molecule has 1 atom stereocenters. The fourth-order valence-electron chi connectivity index (χ4n) is 3.52. The molecule has 1 unspecified atom stereocenters. The zero-order valence-corrected chi connectivity index (χ0v) is 21.5. The molecule has 3 rings (SSSR count). The predicted octanol–water partition coefficient (Wildman–Crippen LogP) is 1.61. The van der Waals surface area contributed by atoms with Gasteiger partial charge in [-0.25, -0.2) is 28.1 Å². The van der Waals surface area contributed by atoms with Gasteiger partial charge in [0.15, 0.2) is 0 Å². The summed E-state index contributed by atoms with van der Waals surface area (Å²) in [5.74, 6) is -3.42. The van der Waals surface area contributed by atoms with E-state index in [0.29, 0.717) is 17.9 Å². The molecule has 5 N–H and O–H groups in total. The Kier molecular flexibility index (Phi) is 9.28. The standard InChI is InChI=1S/C24H28N6O7S/c1-15(2)11-21(23(32)28-35)22(31)26-18-7-3-16(4-8-18)13-30-14-19(27-29-30)12-25-38(36,37)20-9-5-17(6-10-20)24(33)34/h3-10,14-15,21,25,35H,11-13H2,1-2H3,(H,26,31)(H,28,32)(H,33,34). The maximum absolute atomic E-state index is 12.5. The topological polar surface area (TPSA) is 193 Å². The third kappa shape index (κ3) is 7.68. The number of carboxylic acids is 1. The van der Waals surface area contributed by atoms with E-state index in [2.05, 4.69) is 20.4 Å². The van der Waals surface area contributed by atoms with Crippen LogP contribution >= 0.6 is 0 Å². The average molecular weight is 545 g/mol. The summed E-state index contributed by atoms with van der Waals surface area (Å²) < 4.78 is 28.8. The molecule has 2 aromatic carbocycles. The van der Waals surface area contributed by atoms with Crippen molar-refractivity contribution in [3.63, 3.8) is 0 Å². The largest absolute Gasteiger partial charge is 0.478 e. The molecule has 0 aliphatic rings. The third-order valence-corrected chi connectivity index (χ3v) is 6.87. The van der Waals surface area contributed by atoms with Gasteiger partial charge in [-0.3, -0.25) is 14.8 Å². The Balaban J connectivity index is 1.56. The first-order valence-corrected chi connectivity index (χ1v) is 13.0. The molecule has 13 nitrogen and oxygen atoms in total. The minimum atomic E-state index is -3.88. The Labute approximate surface area is 218 Å². The summed E-state index contributed by atoms with van der Waals surface area (Å²) in [6.07, 6.45) is 1.86. The monoisotopic (exact) mass is 544 g/mol. The summed E-state index contributed by atoms with van der Waals surface area (Å²) in [7, 11) is -3.88. The van der Waals surface area contributed by atoms with E-state index >= 15 is 0 Å². The number of carbonyl (C=O) groups excluding carboxylic acids is 2. The van der Waals surface area contributed by atoms with Crippen LogP contribution in [0.1, 0.15) is 41.9 Å². The molecular formula is C24H28N6O7S. The zero-order chi connectivity index (χ0) is 27.9. The maximum Gasteiger partial charge on any atom is 0.335 e. The second-order valence-electron chi connectivity index (χ2n) is 8.91. The Bertz CT molecular complexity index is 1390. The second kappa shape index (κ2) is 12.4. The molecule has 0 spiro atoms. The maximum atomic E-state index is 12.5. The fraction of sp³-hybridized carbons (Fsp3) is 0.292. The van der Waals surface area contributed by atoms with Crippen molar-refractivity contribution in [1.82, 2.24) is 25.2 Å². The Morgan fingerprint density at radius 1 is 1.00 bits per heavy atom. The van der Waals surface area contributed by atoms with Gasteiger partial charge in [-0.2, -0.15) is 0 Å². The normalized spacial score (nSPS) is 12.2. The van der Waals surface area contributed by atoms with Gasteiger partial charge < -0.3 is 10.4 Å². The lowest BCUT2D eigenvalue weighted by Gasteiger charge is -2.17. The van der Waals surface area contributed by atoms with Gasteiger partial charge in [0.2, 0.25) is 15.9 Å². The molecule has 0 saturated heterocycles. The summed E-state index contributed by atoms with van der Waals surface area (Å²) in [6, 6.07) is 11.7. The van der Waals surface area contributed by atoms with Crippen molar-refractivity contribution < 1.29 is 33.1 Å². The molecule has 2 amide bonds. The molecular weight excluding hydrogens is 516 g/mol. The molecule has 0 saturated carbocycles. The second-order valence-corrected chi connectivity index (χ2v) is 10.7. The van der Waals surface area contributed by atoms with E-state index in [9.17, 15) is 22.8 Å². The molecule has 0 radical (unpaired) electrons. The van der Waals surface area contributed by atoms with E-state index in [1.165, 1.54) is 34.4 Å². The number of hydrogen-bond donors (Lipinski definition) is 5. The highest BCUT2D eigenvalue weighted by Gasteiger charge is 2.27. The van der Waals surface area contributed by atoms with Crippen LogP contribution in [0.3, 0.4) is 0 Å². The molecule has 0 aliphatic heterocycles. The van der Waals surface area contributed by atoms with Gasteiger partial charge in [0.25, 0.3) is 5.91 Å². The summed E-state index contributed by atoms with van der Waals surface area (Å²) >= 11 is 0. The minimum Gasteiger partial charge on any atom is -0.478 e. The predicted molar refractivity (Wildman–Crippen MR) is 134 cm³/mol. The molecule has 3 aromatic rings. The third-order valence-electron chi connectivity index (χ3n) is 5.46. The van der Waals surface area contributed by atoms with Gasteiger partial charge in [-0.1, -0.05) is 31.2 Å². The van der Waals surface area contributed by atoms with Crippen molar-refractivity contribution in [2.75, 3.05) is 5.32 Å². The number of nitrogens with zero attached hydrogens (tertiary/aromatic N) is 3. The number of hydrogen-bond acceptors (Lipinski definition) is 8. The van der Waals surface area contributed by atoms with E-state index in [4.69, 9.17) is 10.3 Å². The van der Waals surface area contributed by atoms with Crippen molar-refractivity contribution >= 4 is 33.5 Å². The average Bonchev–Trinajstić information content (AvgIpc) is 3.34. The molecule has 38 heavy (non-hydrogen) atoms. The first kappa shape index (κ1) is 28.4. The number of rotatable bonds is 12. The van der Waals surface area contributed by atoms with Gasteiger partial charge >= 0.3 is 5.97 Å². The number of aromatic nitrogens is 3. The Hall–Kier alpha value is -4.14. The Morgan fingerprint density at radius 2 is 1.66 bits per heavy atom. The van der Waals surface area contributed by atoms with Crippen LogP contribution in [-0.4, -0.2) is 51.5 Å². The Morgan fingerprint density at radius 3 is 2.24 bits per heavy atom. The molecule has 0 aliphatic carbocycles. The van der Waals surface area contributed by atoms with Crippen LogP contribution in [0.15, 0.2) is 59.6 Å². The summed E-state index contributed by atoms with van der Waals surface area (Å²) in [6.45, 7) is 3.94. The molecule has 14 heteroatoms. The number of carboxylic acid groups (broad SMARTS) is 1. The van der Waals surface area contributed by atoms with Crippen molar-refractivity contribution in [3.8, 4) is 0 Å². The van der Waals surface area contributed by atoms with Crippen molar-refractivity contribution in [3.05, 3.63) is 71.5 Å². The molecule has 1 aromatic heterocycles. The highest BCUT2D eigenvalue weighted by atomic mass is 32.2. The van der Waals surface area contributed by atoms with E-state index in [-0.39, 0.29) is 29.3 Å². The van der Waals surface area contributed by atoms with Crippen LogP contribution in [-0.2, 0) is 32.7 Å². The number of amides is 2. The summed E-state index contributed by atoms with van der Waals surface area (Å²) in [5, 5.41) is 28.5. The van der Waals surface area contributed by atoms with Gasteiger partial charge in [0, 0.05) is 5.69 Å². The number of benzene rings is 2. The van der Waals surface area contributed by atoms with Crippen LogP contribution in [0.4, 0.5) is 5.69 Å². The molecule has 202 valence electrons. The lowest BCUT2D eigenvalue weighted by atomic mass is 9.95. The first-order valence-electron chi connectivity index (χ1n) is 11.5. The van der Waals surface area contributed by atoms with Crippen LogP contribution in [0.2, 0.25) is 0 Å². The van der Waals surface area contributed by atoms with Gasteiger partial charge in [-0.05, 0) is 54.3 Å². The number of nitrogens with one attached hydrogen (secondary N) is 3. The minimum absolute atomic E-state index is 0.0215. The van der Waals surface area contributed by atoms with E-state index in [1.54, 1.807) is 30.5 Å². The van der Waals surface area contributed by atoms with Crippen molar-refractivity contribution in [2.45, 2.75) is 38.3 Å². The number of aromatic carboxylic acids is 1. The van der Waals surface area contributed by atoms with Crippen LogP contribution < -0.4 is 15.5 Å². The number of carbonyl (C=O) groups is 3. The van der Waals surface area contributed by atoms with Gasteiger partial charge in [-0.15, -0.1) is 5.10 Å². The lowest BCUT2D eigenvalue weighted by molar-refractivity contribution is -0.139. The van der Waals surface area contributed by atoms with Gasteiger partial charge in [0.05, 0.1) is 35.4 Å². The first-order chi connectivity index (χ1) is 18.0. The summed E-state index contributed by atoms with van der Waals surface area (Å²) in [4.78, 5) is 35.2. The van der Waals surface area contributed by atoms with Crippen LogP contribution in [0.25, 0.3) is 0 Å². The summed E-state index contributed by atoms with van der Waals surface area (Å²) in [5.41, 5.74) is 3.19. The molecule has 1 heterocycles. The highest BCUT2D eigenvalue weighted by molar-refractivity contribution is 7.89. The van der Waals surface area contributed by atoms with E-state index in [0.717, 1.165) is 5.56 Å². The zero-order valence-electron chi connectivity index (χ0n) is 20.7. The highest BCUT2D eigenvalue weighted by Crippen LogP contribution is 2.17. The quantitative estimate of drug-likeness (QED) is 0.128. The molecule has 0 bridgehead atoms. The molecule has 0 fully saturated rings. The van der Waals surface area contributed by atoms with Crippen LogP contribution in [0.5, 0.6) is 0 Å². The van der Waals surface area contributed by atoms with Crippen molar-refractivity contribution in [1.29, 1.82) is 0 Å². The van der Waals surface area contributed by atoms with Crippen LogP contribution in [0, 0.1) is 11.8 Å².